The van der Waals surface area contributed by atoms with Gasteiger partial charge in [-0.3, -0.25) is 9.59 Å². The number of H-pyrrole nitrogens is 1. The van der Waals surface area contributed by atoms with E-state index < -0.39 is 5.54 Å². The van der Waals surface area contributed by atoms with Gasteiger partial charge in [0.25, 0.3) is 5.56 Å². The van der Waals surface area contributed by atoms with Crippen LogP contribution in [0.15, 0.2) is 16.0 Å². The van der Waals surface area contributed by atoms with E-state index in [1.807, 2.05) is 0 Å². The molecule has 1 unspecified atom stereocenters. The molecule has 0 spiro atoms. The number of aromatic nitrogens is 2. The van der Waals surface area contributed by atoms with Gasteiger partial charge >= 0.3 is 5.97 Å². The van der Waals surface area contributed by atoms with E-state index in [0.29, 0.717) is 16.6 Å². The van der Waals surface area contributed by atoms with Gasteiger partial charge in [-0.15, -0.1) is 0 Å². The molecule has 0 radical (unpaired) electrons. The smallest absolute Gasteiger partial charge is 0.327 e. The summed E-state index contributed by atoms with van der Waals surface area (Å²) in [6.07, 6.45) is 2.02. The summed E-state index contributed by atoms with van der Waals surface area (Å²) in [5, 5.41) is 3.64. The number of hydrogen-bond acceptors (Lipinski definition) is 6. The van der Waals surface area contributed by atoms with Crippen LogP contribution in [-0.2, 0) is 9.53 Å². The lowest BCUT2D eigenvalue weighted by Gasteiger charge is -2.30. The van der Waals surface area contributed by atoms with Gasteiger partial charge < -0.3 is 15.0 Å². The van der Waals surface area contributed by atoms with Crippen LogP contribution in [0.4, 0.5) is 0 Å². The number of rotatable bonds is 6. The van der Waals surface area contributed by atoms with Crippen LogP contribution < -0.4 is 10.9 Å². The largest absolute Gasteiger partial charge is 0.468 e. The van der Waals surface area contributed by atoms with Crippen molar-refractivity contribution in [1.82, 2.24) is 15.3 Å². The van der Waals surface area contributed by atoms with Crippen LogP contribution in [0.1, 0.15) is 18.5 Å². The summed E-state index contributed by atoms with van der Waals surface area (Å²) in [7, 11) is 3.16. The minimum atomic E-state index is -0.707. The van der Waals surface area contributed by atoms with Crippen LogP contribution in [-0.4, -0.2) is 41.4 Å². The molecule has 1 aromatic heterocycles. The van der Waals surface area contributed by atoms with Gasteiger partial charge in [0.1, 0.15) is 5.54 Å². The number of methoxy groups -OCH3 is 1. The second kappa shape index (κ2) is 5.97. The molecule has 1 saturated carbocycles. The van der Waals surface area contributed by atoms with E-state index in [0.717, 1.165) is 12.8 Å². The lowest BCUT2D eigenvalue weighted by atomic mass is 9.96. The molecule has 2 N–H and O–H groups in total. The van der Waals surface area contributed by atoms with Crippen LogP contribution in [0, 0.1) is 12.8 Å². The maximum atomic E-state index is 12.1. The molecular formula is C13H19N3O3S. The summed E-state index contributed by atoms with van der Waals surface area (Å²) in [4.78, 5) is 30.5. The first-order valence-electron chi connectivity index (χ1n) is 6.50. The third-order valence-corrected chi connectivity index (χ3v) is 4.62. The Balaban J connectivity index is 2.16. The lowest BCUT2D eigenvalue weighted by Crippen LogP contribution is -2.55. The zero-order chi connectivity index (χ0) is 14.8. The first-order valence-corrected chi connectivity index (χ1v) is 7.48. The molecule has 2 rings (SSSR count). The molecule has 0 aromatic carbocycles. The lowest BCUT2D eigenvalue weighted by molar-refractivity contribution is -0.148. The minimum Gasteiger partial charge on any atom is -0.468 e. The first-order chi connectivity index (χ1) is 9.51. The second-order valence-electron chi connectivity index (χ2n) is 4.97. The van der Waals surface area contributed by atoms with Gasteiger partial charge in [0.05, 0.1) is 7.11 Å². The molecule has 1 atom stereocenters. The van der Waals surface area contributed by atoms with Crippen molar-refractivity contribution >= 4 is 17.7 Å². The Morgan fingerprint density at radius 2 is 2.35 bits per heavy atom. The Hall–Kier alpha value is -1.34. The molecule has 1 aliphatic rings. The zero-order valence-corrected chi connectivity index (χ0v) is 12.7. The average Bonchev–Trinajstić information content (AvgIpc) is 3.23. The number of thioether (sulfide) groups is 1. The van der Waals surface area contributed by atoms with Crippen LogP contribution in [0.25, 0.3) is 0 Å². The van der Waals surface area contributed by atoms with Crippen molar-refractivity contribution in [2.75, 3.05) is 19.9 Å². The number of hydrogen-bond donors (Lipinski definition) is 2. The molecule has 0 saturated heterocycles. The summed E-state index contributed by atoms with van der Waals surface area (Å²) >= 11 is 1.36. The molecule has 6 nitrogen and oxygen atoms in total. The fourth-order valence-electron chi connectivity index (χ4n) is 2.28. The van der Waals surface area contributed by atoms with Crippen LogP contribution in [0.2, 0.25) is 0 Å². The monoisotopic (exact) mass is 297 g/mol. The third kappa shape index (κ3) is 3.04. The Bertz CT molecular complexity index is 556. The highest BCUT2D eigenvalue weighted by Crippen LogP contribution is 2.42. The molecule has 1 heterocycles. The van der Waals surface area contributed by atoms with E-state index in [1.165, 1.54) is 24.9 Å². The van der Waals surface area contributed by atoms with Gasteiger partial charge in [-0.1, -0.05) is 11.8 Å². The number of esters is 1. The second-order valence-corrected chi connectivity index (χ2v) is 5.93. The fourth-order valence-corrected chi connectivity index (χ4v) is 3.53. The molecular weight excluding hydrogens is 278 g/mol. The first kappa shape index (κ1) is 15.1. The van der Waals surface area contributed by atoms with E-state index in [9.17, 15) is 9.59 Å². The van der Waals surface area contributed by atoms with E-state index in [2.05, 4.69) is 15.3 Å². The maximum absolute atomic E-state index is 12.1. The van der Waals surface area contributed by atoms with Gasteiger partial charge in [-0.25, -0.2) is 4.98 Å². The molecule has 1 aromatic rings. The van der Waals surface area contributed by atoms with E-state index in [4.69, 9.17) is 4.74 Å². The average molecular weight is 297 g/mol. The minimum absolute atomic E-state index is 0.181. The van der Waals surface area contributed by atoms with Crippen LogP contribution in [0.3, 0.4) is 0 Å². The number of nitrogens with zero attached hydrogens (tertiary/aromatic N) is 1. The zero-order valence-electron chi connectivity index (χ0n) is 11.9. The van der Waals surface area contributed by atoms with E-state index >= 15 is 0 Å². The summed E-state index contributed by atoms with van der Waals surface area (Å²) in [5.41, 5.74) is -0.225. The Labute approximate surface area is 121 Å². The Morgan fingerprint density at radius 1 is 1.65 bits per heavy atom. The molecule has 1 aliphatic carbocycles. The number of carbonyl (C=O) groups is 1. The predicted octanol–water partition coefficient (Wildman–Crippen LogP) is 0.712. The molecule has 7 heteroatoms. The Morgan fingerprint density at radius 3 is 2.85 bits per heavy atom. The highest BCUT2D eigenvalue weighted by Gasteiger charge is 2.51. The van der Waals surface area contributed by atoms with Gasteiger partial charge in [-0.2, -0.15) is 0 Å². The highest BCUT2D eigenvalue weighted by atomic mass is 32.2. The number of likely N-dealkylation sites (N-methyl/N-ethyl adjacent to an activating group) is 1. The number of ether oxygens (including phenoxy) is 1. The molecule has 20 heavy (non-hydrogen) atoms. The third-order valence-electron chi connectivity index (χ3n) is 3.55. The highest BCUT2D eigenvalue weighted by molar-refractivity contribution is 7.99. The maximum Gasteiger partial charge on any atom is 0.327 e. The fraction of sp³-hybridized carbons (Fsp3) is 0.615. The van der Waals surface area contributed by atoms with E-state index in [1.54, 1.807) is 14.0 Å². The summed E-state index contributed by atoms with van der Waals surface area (Å²) in [6, 6.07) is 1.44. The standard InChI is InChI=1S/C13H19N3O3S/c1-8-6-10(17)16-12(15-8)20-7-13(14-2,9-4-5-9)11(18)19-3/h6,9,14H,4-5,7H2,1-3H3,(H,15,16,17). The van der Waals surface area contributed by atoms with Crippen molar-refractivity contribution in [3.63, 3.8) is 0 Å². The van der Waals surface area contributed by atoms with Crippen molar-refractivity contribution in [3.05, 3.63) is 22.1 Å². The topological polar surface area (TPSA) is 84.1 Å². The van der Waals surface area contributed by atoms with Gasteiger partial charge in [0.2, 0.25) is 0 Å². The SMILES string of the molecule is CNC(CSc1nc(C)cc(=O)[nH]1)(C(=O)OC)C1CC1. The van der Waals surface area contributed by atoms with Gasteiger partial charge in [0, 0.05) is 17.5 Å². The molecule has 110 valence electrons. The number of aromatic amines is 1. The molecule has 0 amide bonds. The number of aryl methyl sites for hydroxylation is 1. The molecule has 0 aliphatic heterocycles. The van der Waals surface area contributed by atoms with Crippen molar-refractivity contribution in [2.24, 2.45) is 5.92 Å². The van der Waals surface area contributed by atoms with Gasteiger partial charge in [0.15, 0.2) is 5.16 Å². The number of carbonyl (C=O) groups excluding carboxylic acids is 1. The van der Waals surface area contributed by atoms with Crippen molar-refractivity contribution < 1.29 is 9.53 Å². The summed E-state index contributed by atoms with van der Waals surface area (Å²) in [6.45, 7) is 1.77. The summed E-state index contributed by atoms with van der Waals surface area (Å²) < 4.78 is 4.94. The van der Waals surface area contributed by atoms with Gasteiger partial charge in [-0.05, 0) is 32.7 Å². The van der Waals surface area contributed by atoms with Crippen molar-refractivity contribution in [2.45, 2.75) is 30.5 Å². The van der Waals surface area contributed by atoms with E-state index in [-0.39, 0.29) is 17.4 Å². The molecule has 0 bridgehead atoms. The number of nitrogens with one attached hydrogen (secondary N) is 2. The molecule has 1 fully saturated rings. The van der Waals surface area contributed by atoms with Crippen LogP contribution in [0.5, 0.6) is 0 Å². The van der Waals surface area contributed by atoms with Crippen molar-refractivity contribution in [1.29, 1.82) is 0 Å². The van der Waals surface area contributed by atoms with Crippen LogP contribution >= 0.6 is 11.8 Å². The predicted molar refractivity (Wildman–Crippen MR) is 76.8 cm³/mol. The quantitative estimate of drug-likeness (QED) is 0.457. The normalized spacial score (nSPS) is 17.6. The van der Waals surface area contributed by atoms with Crippen molar-refractivity contribution in [3.8, 4) is 0 Å². The Kier molecular flexibility index (Phi) is 4.49. The summed E-state index contributed by atoms with van der Waals surface area (Å²) in [5.74, 6) is 0.502.